The molecule has 0 heterocycles. The number of rotatable bonds is 12. The van der Waals surface area contributed by atoms with Crippen molar-refractivity contribution in [1.29, 1.82) is 0 Å². The maximum atomic E-state index is 12.7. The Morgan fingerprint density at radius 1 is 0.886 bits per heavy atom. The molecular formula is C29H40O4PZr. The Bertz CT molecular complexity index is 806. The van der Waals surface area contributed by atoms with E-state index in [1.807, 2.05) is 91.0 Å². The summed E-state index contributed by atoms with van der Waals surface area (Å²) in [6, 6.07) is 29.6. The van der Waals surface area contributed by atoms with E-state index in [9.17, 15) is 9.67 Å². The quantitative estimate of drug-likeness (QED) is 0.174. The summed E-state index contributed by atoms with van der Waals surface area (Å²) in [7, 11) is -3.32. The minimum Gasteiger partial charge on any atom is -0.388 e. The SMILES string of the molecule is CCCCC(=[C-]P(=O)(OCC)OCC)CCC(O)c1ccccc1.[Zr+3].c1cc[cH-]c1.c1cc[cH-]c1. The van der Waals surface area contributed by atoms with E-state index in [0.29, 0.717) is 26.1 Å². The summed E-state index contributed by atoms with van der Waals surface area (Å²) in [5.41, 5.74) is 1.81. The number of hydrogen-bond acceptors (Lipinski definition) is 4. The number of allylic oxidation sites excluding steroid dienone is 1. The largest absolute Gasteiger partial charge is 3.00 e. The molecule has 0 aromatic heterocycles. The maximum absolute atomic E-state index is 12.7. The number of benzene rings is 1. The Morgan fingerprint density at radius 3 is 1.80 bits per heavy atom. The molecule has 0 aliphatic carbocycles. The van der Waals surface area contributed by atoms with Crippen molar-refractivity contribution in [3.63, 3.8) is 0 Å². The fourth-order valence-corrected chi connectivity index (χ4v) is 4.55. The number of aliphatic hydroxyl groups is 1. The standard InChI is InChI=1S/C19H30O4P.2C5H5.Zr/c1-4-7-11-17(16-24(21,22-5-2)23-6-3)14-15-19(20)18-12-9-8-10-13-18;2*1-2-4-5-3-1;/h8-10,12-13,19-20H,4-7,11,14-15H2,1-3H3;2*1-5H;/q3*-1;+3. The Balaban J connectivity index is 0.000000855. The molecule has 0 fully saturated rings. The zero-order valence-corrected chi connectivity index (χ0v) is 24.7. The predicted octanol–water partition coefficient (Wildman–Crippen LogP) is 8.45. The van der Waals surface area contributed by atoms with Gasteiger partial charge in [-0.2, -0.15) is 36.4 Å². The van der Waals surface area contributed by atoms with Crippen molar-refractivity contribution in [3.8, 4) is 0 Å². The first-order valence-electron chi connectivity index (χ1n) is 12.1. The number of hydrogen-bond donors (Lipinski definition) is 1. The van der Waals surface area contributed by atoms with Crippen LogP contribution in [0.4, 0.5) is 0 Å². The van der Waals surface area contributed by atoms with E-state index in [1.165, 1.54) is 0 Å². The summed E-state index contributed by atoms with van der Waals surface area (Å²) < 4.78 is 23.3. The molecule has 189 valence electrons. The smallest absolute Gasteiger partial charge is 0.388 e. The molecule has 6 heteroatoms. The van der Waals surface area contributed by atoms with Crippen LogP contribution < -0.4 is 0 Å². The van der Waals surface area contributed by atoms with Crippen LogP contribution >= 0.6 is 7.60 Å². The molecule has 35 heavy (non-hydrogen) atoms. The zero-order chi connectivity index (χ0) is 24.9. The molecule has 0 saturated heterocycles. The minimum absolute atomic E-state index is 0. The van der Waals surface area contributed by atoms with Gasteiger partial charge in [0.05, 0.1) is 19.3 Å². The van der Waals surface area contributed by atoms with Gasteiger partial charge in [0.25, 0.3) is 0 Å². The second-order valence-corrected chi connectivity index (χ2v) is 9.28. The van der Waals surface area contributed by atoms with Crippen LogP contribution in [0.1, 0.15) is 64.5 Å². The van der Waals surface area contributed by atoms with Gasteiger partial charge in [-0.15, -0.1) is 0 Å². The first-order chi connectivity index (χ1) is 16.5. The normalized spacial score (nSPS) is 11.8. The molecule has 3 aromatic carbocycles. The molecule has 0 bridgehead atoms. The Hall–Kier alpha value is -1.35. The summed E-state index contributed by atoms with van der Waals surface area (Å²) in [4.78, 5) is 0. The van der Waals surface area contributed by atoms with Crippen molar-refractivity contribution in [2.24, 2.45) is 0 Å². The van der Waals surface area contributed by atoms with E-state index in [1.54, 1.807) is 13.8 Å². The molecule has 1 radical (unpaired) electrons. The third-order valence-electron chi connectivity index (χ3n) is 4.74. The number of unbranched alkanes of at least 4 members (excludes halogenated alkanes) is 1. The van der Waals surface area contributed by atoms with E-state index in [0.717, 1.165) is 30.4 Å². The van der Waals surface area contributed by atoms with Gasteiger partial charge < -0.3 is 20.0 Å². The molecule has 1 atom stereocenters. The molecule has 4 nitrogen and oxygen atoms in total. The van der Waals surface area contributed by atoms with Crippen LogP contribution in [-0.4, -0.2) is 18.3 Å². The van der Waals surface area contributed by atoms with Crippen LogP contribution in [0.25, 0.3) is 0 Å². The fraction of sp³-hybridized carbons (Fsp3) is 0.379. The molecule has 0 amide bonds. The van der Waals surface area contributed by atoms with E-state index in [-0.39, 0.29) is 26.2 Å². The summed E-state index contributed by atoms with van der Waals surface area (Å²) in [5, 5.41) is 10.3. The molecular weight excluding hydrogens is 535 g/mol. The van der Waals surface area contributed by atoms with Gasteiger partial charge >= 0.3 is 26.2 Å². The average Bonchev–Trinajstić information content (AvgIpc) is 3.61. The Kier molecular flexibility index (Phi) is 21.1. The molecule has 0 aliphatic rings. The van der Waals surface area contributed by atoms with Gasteiger partial charge in [0.2, 0.25) is 0 Å². The second-order valence-electron chi connectivity index (χ2n) is 7.54. The zero-order valence-electron chi connectivity index (χ0n) is 21.3. The van der Waals surface area contributed by atoms with E-state index >= 15 is 0 Å². The van der Waals surface area contributed by atoms with E-state index in [2.05, 4.69) is 12.7 Å². The Morgan fingerprint density at radius 2 is 1.40 bits per heavy atom. The molecule has 1 N–H and O–H groups in total. The summed E-state index contributed by atoms with van der Waals surface area (Å²) in [6.07, 6.45) is 3.47. The van der Waals surface area contributed by atoms with Crippen LogP contribution in [0.2, 0.25) is 0 Å². The van der Waals surface area contributed by atoms with Crippen LogP contribution in [0.3, 0.4) is 0 Å². The van der Waals surface area contributed by atoms with Crippen molar-refractivity contribution in [1.82, 2.24) is 0 Å². The van der Waals surface area contributed by atoms with Gasteiger partial charge in [0.1, 0.15) is 0 Å². The molecule has 0 spiro atoms. The third kappa shape index (κ3) is 16.9. The van der Waals surface area contributed by atoms with Crippen molar-refractivity contribution >= 4 is 7.60 Å². The van der Waals surface area contributed by atoms with E-state index in [4.69, 9.17) is 9.05 Å². The first kappa shape index (κ1) is 33.7. The van der Waals surface area contributed by atoms with E-state index < -0.39 is 13.7 Å². The van der Waals surface area contributed by atoms with Crippen molar-refractivity contribution < 1.29 is 44.9 Å². The van der Waals surface area contributed by atoms with Crippen molar-refractivity contribution in [2.45, 2.75) is 59.0 Å². The van der Waals surface area contributed by atoms with Gasteiger partial charge in [0, 0.05) is 0 Å². The second kappa shape index (κ2) is 21.9. The summed E-state index contributed by atoms with van der Waals surface area (Å²) >= 11 is 0. The van der Waals surface area contributed by atoms with Gasteiger partial charge in [-0.1, -0.05) is 62.9 Å². The number of aliphatic hydroxyl groups excluding tert-OH is 1. The van der Waals surface area contributed by atoms with Crippen LogP contribution in [0, 0.1) is 5.82 Å². The van der Waals surface area contributed by atoms with Gasteiger partial charge in [-0.3, -0.25) is 4.57 Å². The topological polar surface area (TPSA) is 55.8 Å². The van der Waals surface area contributed by atoms with Crippen LogP contribution in [-0.2, 0) is 39.8 Å². The molecule has 3 aromatic rings. The van der Waals surface area contributed by atoms with Crippen LogP contribution in [0.15, 0.2) is 96.6 Å². The van der Waals surface area contributed by atoms with Crippen molar-refractivity contribution in [2.75, 3.05) is 13.2 Å². The molecule has 1 unspecified atom stereocenters. The minimum atomic E-state index is -3.32. The molecule has 3 rings (SSSR count). The molecule has 0 saturated carbocycles. The van der Waals surface area contributed by atoms with Crippen LogP contribution in [0.5, 0.6) is 0 Å². The molecule has 0 aliphatic heterocycles. The summed E-state index contributed by atoms with van der Waals surface area (Å²) in [6.45, 7) is 6.33. The maximum Gasteiger partial charge on any atom is 3.00 e. The Labute approximate surface area is 231 Å². The fourth-order valence-electron chi connectivity index (χ4n) is 3.06. The van der Waals surface area contributed by atoms with Gasteiger partial charge in [0.15, 0.2) is 7.60 Å². The average molecular weight is 575 g/mol. The monoisotopic (exact) mass is 573 g/mol. The first-order valence-corrected chi connectivity index (χ1v) is 13.7. The summed E-state index contributed by atoms with van der Waals surface area (Å²) in [5.74, 6) is 2.99. The van der Waals surface area contributed by atoms with Gasteiger partial charge in [-0.05, 0) is 25.8 Å². The third-order valence-corrected chi connectivity index (χ3v) is 6.53. The van der Waals surface area contributed by atoms with Gasteiger partial charge in [-0.25, -0.2) is 29.8 Å². The van der Waals surface area contributed by atoms with Crippen molar-refractivity contribution in [3.05, 3.63) is 108 Å². The predicted molar refractivity (Wildman–Crippen MR) is 142 cm³/mol.